The number of fused-ring (bicyclic) bond motifs is 1. The van der Waals surface area contributed by atoms with E-state index in [1.165, 1.54) is 0 Å². The monoisotopic (exact) mass is 356 g/mol. The lowest BCUT2D eigenvalue weighted by Crippen LogP contribution is -2.31. The summed E-state index contributed by atoms with van der Waals surface area (Å²) >= 11 is 6.26. The third-order valence-corrected chi connectivity index (χ3v) is 4.72. The largest absolute Gasteiger partial charge is 0.532 e. The van der Waals surface area contributed by atoms with Crippen LogP contribution in [0.15, 0.2) is 65.6 Å². The average Bonchev–Trinajstić information content (AvgIpc) is 2.65. The lowest BCUT2D eigenvalue weighted by Gasteiger charge is -2.28. The summed E-state index contributed by atoms with van der Waals surface area (Å²) in [5.74, 6) is 0.767. The van der Waals surface area contributed by atoms with Gasteiger partial charge in [-0.15, -0.1) is 0 Å². The van der Waals surface area contributed by atoms with Crippen LogP contribution in [-0.2, 0) is 4.43 Å². The molecule has 2 aromatic rings. The Bertz CT molecular complexity index is 810. The molecule has 3 nitrogen and oxygen atoms in total. The van der Waals surface area contributed by atoms with E-state index < -0.39 is 8.32 Å². The van der Waals surface area contributed by atoms with Gasteiger partial charge in [-0.1, -0.05) is 41.9 Å². The van der Waals surface area contributed by atoms with E-state index in [9.17, 15) is 0 Å². The molecule has 0 saturated heterocycles. The molecule has 2 aromatic carbocycles. The smallest absolute Gasteiger partial charge is 0.244 e. The average molecular weight is 357 g/mol. The van der Waals surface area contributed by atoms with Gasteiger partial charge in [-0.05, 0) is 37.8 Å². The Morgan fingerprint density at radius 1 is 1.04 bits per heavy atom. The molecule has 3 rings (SSSR count). The van der Waals surface area contributed by atoms with E-state index in [2.05, 4.69) is 31.8 Å². The Hall–Kier alpha value is -2.04. The molecule has 5 heteroatoms. The maximum atomic E-state index is 6.26. The number of rotatable bonds is 3. The van der Waals surface area contributed by atoms with Gasteiger partial charge in [0.05, 0.1) is 17.6 Å². The number of hydrogen-bond donors (Lipinski definition) is 0. The summed E-state index contributed by atoms with van der Waals surface area (Å²) in [6.45, 7) is 6.49. The van der Waals surface area contributed by atoms with Crippen molar-refractivity contribution in [3.05, 3.63) is 76.8 Å². The van der Waals surface area contributed by atoms with Gasteiger partial charge in [0.2, 0.25) is 8.32 Å². The van der Waals surface area contributed by atoms with Gasteiger partial charge >= 0.3 is 0 Å². The van der Waals surface area contributed by atoms with E-state index in [4.69, 9.17) is 21.0 Å². The quantitative estimate of drug-likeness (QED) is 0.699. The molecule has 0 saturated carbocycles. The van der Waals surface area contributed by atoms with Crippen molar-refractivity contribution in [2.75, 3.05) is 11.9 Å². The molecule has 0 spiro atoms. The van der Waals surface area contributed by atoms with Gasteiger partial charge < -0.3 is 9.33 Å². The van der Waals surface area contributed by atoms with Crippen LogP contribution < -0.4 is 4.90 Å². The normalized spacial score (nSPS) is 14.5. The lowest BCUT2D eigenvalue weighted by molar-refractivity contribution is 0.407. The zero-order valence-electron chi connectivity index (χ0n) is 14.4. The predicted molar refractivity (Wildman–Crippen MR) is 104 cm³/mol. The molecule has 0 fully saturated rings. The summed E-state index contributed by atoms with van der Waals surface area (Å²) in [6, 6.07) is 16.0. The summed E-state index contributed by atoms with van der Waals surface area (Å²) in [4.78, 5) is 6.79. The van der Waals surface area contributed by atoms with Gasteiger partial charge in [0.25, 0.3) is 0 Å². The van der Waals surface area contributed by atoms with Crippen LogP contribution in [0.4, 0.5) is 5.69 Å². The third-order valence-electron chi connectivity index (χ3n) is 3.67. The molecule has 0 aromatic heterocycles. The van der Waals surface area contributed by atoms with Gasteiger partial charge in [0.15, 0.2) is 5.88 Å². The van der Waals surface area contributed by atoms with Gasteiger partial charge in [-0.25, -0.2) is 0 Å². The fraction of sp³-hybridized carbons (Fsp3) is 0.211. The SMILES string of the molecule is CN1C(O[Si](C)(C)C)=CN=C(c2ccccc2)c2cc(Cl)ccc21. The summed E-state index contributed by atoms with van der Waals surface area (Å²) in [5.41, 5.74) is 3.99. The van der Waals surface area contributed by atoms with Crippen LogP contribution in [0.2, 0.25) is 24.7 Å². The highest BCUT2D eigenvalue weighted by Crippen LogP contribution is 2.32. The first-order chi connectivity index (χ1) is 11.3. The van der Waals surface area contributed by atoms with E-state index >= 15 is 0 Å². The molecule has 0 N–H and O–H groups in total. The van der Waals surface area contributed by atoms with E-state index in [0.717, 1.165) is 28.4 Å². The highest BCUT2D eigenvalue weighted by Gasteiger charge is 2.25. The first-order valence-electron chi connectivity index (χ1n) is 7.91. The Balaban J connectivity index is 2.17. The molecule has 1 heterocycles. The molecule has 1 aliphatic heterocycles. The number of nitrogens with zero attached hydrogens (tertiary/aromatic N) is 2. The van der Waals surface area contributed by atoms with E-state index in [-0.39, 0.29) is 0 Å². The van der Waals surface area contributed by atoms with Crippen LogP contribution in [0.25, 0.3) is 0 Å². The summed E-state index contributed by atoms with van der Waals surface area (Å²) in [5, 5.41) is 0.695. The van der Waals surface area contributed by atoms with Crippen LogP contribution in [0.3, 0.4) is 0 Å². The van der Waals surface area contributed by atoms with Gasteiger partial charge in [-0.2, -0.15) is 0 Å². The highest BCUT2D eigenvalue weighted by molar-refractivity contribution is 6.70. The second-order valence-corrected chi connectivity index (χ2v) is 11.6. The van der Waals surface area contributed by atoms with Crippen LogP contribution >= 0.6 is 11.6 Å². The van der Waals surface area contributed by atoms with E-state index in [0.29, 0.717) is 5.02 Å². The van der Waals surface area contributed by atoms with E-state index in [1.807, 2.05) is 54.5 Å². The van der Waals surface area contributed by atoms with Crippen LogP contribution in [-0.4, -0.2) is 21.1 Å². The minimum atomic E-state index is -1.75. The van der Waals surface area contributed by atoms with Crippen molar-refractivity contribution >= 4 is 31.3 Å². The fourth-order valence-electron chi connectivity index (χ4n) is 2.62. The summed E-state index contributed by atoms with van der Waals surface area (Å²) in [6.07, 6.45) is 1.81. The van der Waals surface area contributed by atoms with Crippen molar-refractivity contribution in [1.82, 2.24) is 0 Å². The topological polar surface area (TPSA) is 24.8 Å². The van der Waals surface area contributed by atoms with Crippen molar-refractivity contribution < 1.29 is 4.43 Å². The van der Waals surface area contributed by atoms with Crippen molar-refractivity contribution in [3.63, 3.8) is 0 Å². The maximum Gasteiger partial charge on any atom is 0.244 e. The summed E-state index contributed by atoms with van der Waals surface area (Å²) < 4.78 is 6.23. The molecule has 0 amide bonds. The lowest BCUT2D eigenvalue weighted by atomic mass is 10.0. The van der Waals surface area contributed by atoms with Crippen molar-refractivity contribution in [1.29, 1.82) is 0 Å². The maximum absolute atomic E-state index is 6.26. The molecule has 0 atom stereocenters. The number of aliphatic imine (C=N–C) groups is 1. The Morgan fingerprint density at radius 2 is 1.75 bits per heavy atom. The van der Waals surface area contributed by atoms with Crippen molar-refractivity contribution in [3.8, 4) is 0 Å². The van der Waals surface area contributed by atoms with Crippen molar-refractivity contribution in [2.24, 2.45) is 4.99 Å². The Morgan fingerprint density at radius 3 is 2.42 bits per heavy atom. The van der Waals surface area contributed by atoms with Crippen LogP contribution in [0.1, 0.15) is 11.1 Å². The fourth-order valence-corrected chi connectivity index (χ4v) is 3.61. The van der Waals surface area contributed by atoms with Crippen LogP contribution in [0.5, 0.6) is 0 Å². The zero-order valence-corrected chi connectivity index (χ0v) is 16.1. The number of hydrogen-bond acceptors (Lipinski definition) is 3. The van der Waals surface area contributed by atoms with Crippen molar-refractivity contribution in [2.45, 2.75) is 19.6 Å². The van der Waals surface area contributed by atoms with E-state index in [1.54, 1.807) is 0 Å². The molecular weight excluding hydrogens is 336 g/mol. The Labute approximate surface area is 149 Å². The second kappa shape index (κ2) is 6.46. The third kappa shape index (κ3) is 3.55. The first-order valence-corrected chi connectivity index (χ1v) is 11.7. The molecular formula is C19H21ClN2OSi. The number of anilines is 1. The molecule has 0 aliphatic carbocycles. The molecule has 1 aliphatic rings. The molecule has 0 radical (unpaired) electrons. The van der Waals surface area contributed by atoms with Gasteiger partial charge in [0, 0.05) is 23.2 Å². The summed E-state index contributed by atoms with van der Waals surface area (Å²) in [7, 11) is 0.255. The minimum absolute atomic E-state index is 0.695. The van der Waals surface area contributed by atoms with Crippen LogP contribution in [0, 0.1) is 0 Å². The standard InChI is InChI=1S/C19H21ClN2OSi/c1-22-17-11-10-15(20)12-16(17)19(14-8-6-5-7-9-14)21-13-18(22)23-24(2,3)4/h5-13H,1-4H3. The number of benzene rings is 2. The number of halogens is 1. The molecule has 24 heavy (non-hydrogen) atoms. The molecule has 124 valence electrons. The van der Waals surface area contributed by atoms with Gasteiger partial charge in [0.1, 0.15) is 0 Å². The first kappa shape index (κ1) is 16.8. The second-order valence-electron chi connectivity index (χ2n) is 6.75. The predicted octanol–water partition coefficient (Wildman–Crippen LogP) is 5.28. The Kier molecular flexibility index (Phi) is 4.52. The zero-order chi connectivity index (χ0) is 17.3. The van der Waals surface area contributed by atoms with Gasteiger partial charge in [-0.3, -0.25) is 4.99 Å². The highest BCUT2D eigenvalue weighted by atomic mass is 35.5. The minimum Gasteiger partial charge on any atom is -0.532 e. The molecule has 0 bridgehead atoms. The molecule has 0 unspecified atom stereocenters.